The van der Waals surface area contributed by atoms with Crippen molar-refractivity contribution < 1.29 is 18.0 Å². The van der Waals surface area contributed by atoms with Crippen molar-refractivity contribution in [1.82, 2.24) is 4.98 Å². The largest absolute Gasteiger partial charge is 0.448 e. The van der Waals surface area contributed by atoms with Crippen LogP contribution < -0.4 is 5.32 Å². The molecule has 0 aliphatic heterocycles. The van der Waals surface area contributed by atoms with Crippen molar-refractivity contribution in [3.8, 4) is 0 Å². The number of carbonyl (C=O) groups is 1. The van der Waals surface area contributed by atoms with Gasteiger partial charge in [-0.1, -0.05) is 17.7 Å². The third-order valence-corrected chi connectivity index (χ3v) is 3.50. The Balaban J connectivity index is 1.78. The van der Waals surface area contributed by atoms with Crippen LogP contribution in [0.1, 0.15) is 47.1 Å². The Bertz CT molecular complexity index is 683. The van der Waals surface area contributed by atoms with Gasteiger partial charge in [0, 0.05) is 11.5 Å². The van der Waals surface area contributed by atoms with Gasteiger partial charge in [0.2, 0.25) is 0 Å². The van der Waals surface area contributed by atoms with Crippen LogP contribution in [0.3, 0.4) is 0 Å². The van der Waals surface area contributed by atoms with Crippen molar-refractivity contribution in [2.45, 2.75) is 25.2 Å². The van der Waals surface area contributed by atoms with Gasteiger partial charge in [-0.05, 0) is 25.0 Å². The van der Waals surface area contributed by atoms with Crippen LogP contribution in [0.15, 0.2) is 28.9 Å². The number of nitrogens with one attached hydrogen (secondary N) is 1. The van der Waals surface area contributed by atoms with Crippen LogP contribution >= 0.6 is 11.6 Å². The van der Waals surface area contributed by atoms with Gasteiger partial charge in [-0.2, -0.15) is 0 Å². The molecule has 0 saturated heterocycles. The standard InChI is InChI=1S/C14H11ClF2N2O2/c15-9-4-3-8(12(16)17)5-10(9)18-13(20)11-6-21-14(19-11)7-1-2-7/h3-7,12H,1-2H2,(H,18,20). The molecular weight excluding hydrogens is 302 g/mol. The maximum atomic E-state index is 12.7. The summed E-state index contributed by atoms with van der Waals surface area (Å²) < 4.78 is 30.5. The molecule has 1 heterocycles. The number of hydrogen-bond donors (Lipinski definition) is 1. The van der Waals surface area contributed by atoms with E-state index < -0.39 is 12.3 Å². The monoisotopic (exact) mass is 312 g/mol. The summed E-state index contributed by atoms with van der Waals surface area (Å²) in [7, 11) is 0. The van der Waals surface area contributed by atoms with E-state index in [1.807, 2.05) is 0 Å². The molecule has 2 aromatic rings. The fourth-order valence-corrected chi connectivity index (χ4v) is 2.04. The van der Waals surface area contributed by atoms with E-state index in [4.69, 9.17) is 16.0 Å². The molecule has 4 nitrogen and oxygen atoms in total. The number of benzene rings is 1. The first-order valence-corrected chi connectivity index (χ1v) is 6.77. The molecule has 1 aliphatic carbocycles. The zero-order valence-electron chi connectivity index (χ0n) is 10.8. The van der Waals surface area contributed by atoms with Crippen molar-refractivity contribution >= 4 is 23.2 Å². The highest BCUT2D eigenvalue weighted by Gasteiger charge is 2.29. The Morgan fingerprint density at radius 2 is 2.19 bits per heavy atom. The molecule has 21 heavy (non-hydrogen) atoms. The zero-order chi connectivity index (χ0) is 15.0. The average Bonchev–Trinajstić information content (AvgIpc) is 3.18. The Hall–Kier alpha value is -1.95. The van der Waals surface area contributed by atoms with Gasteiger partial charge >= 0.3 is 0 Å². The fourth-order valence-electron chi connectivity index (χ4n) is 1.87. The highest BCUT2D eigenvalue weighted by molar-refractivity contribution is 6.33. The molecule has 0 unspecified atom stereocenters. The lowest BCUT2D eigenvalue weighted by atomic mass is 10.2. The first-order valence-electron chi connectivity index (χ1n) is 6.39. The second kappa shape index (κ2) is 5.44. The van der Waals surface area contributed by atoms with E-state index in [1.165, 1.54) is 18.4 Å². The Kier molecular flexibility index (Phi) is 3.63. The van der Waals surface area contributed by atoms with Crippen LogP contribution in [0.25, 0.3) is 0 Å². The van der Waals surface area contributed by atoms with Crippen LogP contribution in [-0.4, -0.2) is 10.9 Å². The normalized spacial score (nSPS) is 14.5. The van der Waals surface area contributed by atoms with Gasteiger partial charge in [0.15, 0.2) is 11.6 Å². The number of alkyl halides is 2. The molecule has 1 saturated carbocycles. The topological polar surface area (TPSA) is 55.1 Å². The Labute approximate surface area is 124 Å². The molecule has 1 amide bonds. The third kappa shape index (κ3) is 3.05. The number of carbonyl (C=O) groups excluding carboxylic acids is 1. The van der Waals surface area contributed by atoms with Crippen LogP contribution in [0.4, 0.5) is 14.5 Å². The van der Waals surface area contributed by atoms with Gasteiger partial charge in [-0.25, -0.2) is 13.8 Å². The summed E-state index contributed by atoms with van der Waals surface area (Å²) in [6.45, 7) is 0. The molecule has 1 fully saturated rings. The second-order valence-corrected chi connectivity index (χ2v) is 5.25. The lowest BCUT2D eigenvalue weighted by Gasteiger charge is -2.08. The van der Waals surface area contributed by atoms with Crippen molar-refractivity contribution in [2.75, 3.05) is 5.32 Å². The first kappa shape index (κ1) is 14.0. The maximum absolute atomic E-state index is 12.7. The number of halogens is 3. The molecule has 1 aromatic heterocycles. The fraction of sp³-hybridized carbons (Fsp3) is 0.286. The number of rotatable bonds is 4. The summed E-state index contributed by atoms with van der Waals surface area (Å²) in [5.74, 6) is 0.281. The lowest BCUT2D eigenvalue weighted by molar-refractivity contribution is 0.102. The number of anilines is 1. The summed E-state index contributed by atoms with van der Waals surface area (Å²) in [6, 6.07) is 3.67. The minimum atomic E-state index is -2.63. The molecule has 0 atom stereocenters. The third-order valence-electron chi connectivity index (χ3n) is 3.17. The van der Waals surface area contributed by atoms with Crippen LogP contribution in [0.2, 0.25) is 5.02 Å². The molecule has 0 bridgehead atoms. The predicted octanol–water partition coefficient (Wildman–Crippen LogP) is 4.40. The number of aromatic nitrogens is 1. The SMILES string of the molecule is O=C(Nc1cc(C(F)F)ccc1Cl)c1coc(C2CC2)n1. The minimum Gasteiger partial charge on any atom is -0.448 e. The molecule has 1 aliphatic rings. The summed E-state index contributed by atoms with van der Waals surface area (Å²) in [4.78, 5) is 16.1. The number of oxazole rings is 1. The zero-order valence-corrected chi connectivity index (χ0v) is 11.5. The summed E-state index contributed by atoms with van der Waals surface area (Å²) in [5, 5.41) is 2.65. The number of nitrogens with zero attached hydrogens (tertiary/aromatic N) is 1. The molecule has 3 rings (SSSR count). The van der Waals surface area contributed by atoms with Gasteiger partial charge in [-0.15, -0.1) is 0 Å². The highest BCUT2D eigenvalue weighted by Crippen LogP contribution is 2.39. The minimum absolute atomic E-state index is 0.107. The van der Waals surface area contributed by atoms with Crippen LogP contribution in [0, 0.1) is 0 Å². The number of amides is 1. The van der Waals surface area contributed by atoms with E-state index in [-0.39, 0.29) is 27.9 Å². The van der Waals surface area contributed by atoms with Crippen molar-refractivity contribution in [1.29, 1.82) is 0 Å². The number of hydrogen-bond acceptors (Lipinski definition) is 3. The molecule has 0 radical (unpaired) electrons. The predicted molar refractivity (Wildman–Crippen MR) is 72.8 cm³/mol. The molecule has 1 N–H and O–H groups in total. The summed E-state index contributed by atoms with van der Waals surface area (Å²) in [5.41, 5.74) is 0.0133. The van der Waals surface area contributed by atoms with Crippen molar-refractivity contribution in [3.05, 3.63) is 46.6 Å². The molecule has 7 heteroatoms. The van der Waals surface area contributed by atoms with E-state index in [2.05, 4.69) is 10.3 Å². The van der Waals surface area contributed by atoms with Gasteiger partial charge in [-0.3, -0.25) is 4.79 Å². The van der Waals surface area contributed by atoms with Crippen molar-refractivity contribution in [3.63, 3.8) is 0 Å². The van der Waals surface area contributed by atoms with Crippen LogP contribution in [0.5, 0.6) is 0 Å². The van der Waals surface area contributed by atoms with E-state index in [0.29, 0.717) is 5.89 Å². The first-order chi connectivity index (χ1) is 10.0. The second-order valence-electron chi connectivity index (χ2n) is 4.84. The lowest BCUT2D eigenvalue weighted by Crippen LogP contribution is -2.13. The quantitative estimate of drug-likeness (QED) is 0.910. The summed E-state index contributed by atoms with van der Waals surface area (Å²) in [6.07, 6.45) is 0.632. The van der Waals surface area contributed by atoms with E-state index in [9.17, 15) is 13.6 Å². The van der Waals surface area contributed by atoms with Crippen molar-refractivity contribution in [2.24, 2.45) is 0 Å². The molecular formula is C14H11ClF2N2O2. The molecule has 1 aromatic carbocycles. The Morgan fingerprint density at radius 3 is 2.86 bits per heavy atom. The van der Waals surface area contributed by atoms with Gasteiger partial charge in [0.25, 0.3) is 12.3 Å². The molecule has 110 valence electrons. The average molecular weight is 313 g/mol. The van der Waals surface area contributed by atoms with E-state index >= 15 is 0 Å². The van der Waals surface area contributed by atoms with Gasteiger partial charge in [0.05, 0.1) is 10.7 Å². The maximum Gasteiger partial charge on any atom is 0.277 e. The summed E-state index contributed by atoms with van der Waals surface area (Å²) >= 11 is 5.89. The van der Waals surface area contributed by atoms with Crippen LogP contribution in [-0.2, 0) is 0 Å². The molecule has 0 spiro atoms. The van der Waals surface area contributed by atoms with E-state index in [1.54, 1.807) is 0 Å². The Morgan fingerprint density at radius 1 is 1.43 bits per heavy atom. The smallest absolute Gasteiger partial charge is 0.277 e. The van der Waals surface area contributed by atoms with E-state index in [0.717, 1.165) is 18.9 Å². The van der Waals surface area contributed by atoms with Gasteiger partial charge < -0.3 is 9.73 Å². The highest BCUT2D eigenvalue weighted by atomic mass is 35.5. The van der Waals surface area contributed by atoms with Gasteiger partial charge in [0.1, 0.15) is 6.26 Å².